The molecule has 1 rings (SSSR count). The molecular weight excluding hydrogens is 252 g/mol. The highest BCUT2D eigenvalue weighted by Crippen LogP contribution is 2.12. The topological polar surface area (TPSA) is 65.6 Å². The quantitative estimate of drug-likeness (QED) is 0.655. The van der Waals surface area contributed by atoms with Crippen molar-refractivity contribution in [2.24, 2.45) is 0 Å². The van der Waals surface area contributed by atoms with Crippen molar-refractivity contribution in [1.29, 1.82) is 0 Å². The molecule has 1 N–H and O–H groups in total. The second kappa shape index (κ2) is 8.38. The lowest BCUT2D eigenvalue weighted by atomic mass is 10.4. The van der Waals surface area contributed by atoms with E-state index in [-0.39, 0.29) is 0 Å². The van der Waals surface area contributed by atoms with Crippen LogP contribution >= 0.6 is 0 Å². The van der Waals surface area contributed by atoms with Crippen LogP contribution in [0.2, 0.25) is 0 Å². The van der Waals surface area contributed by atoms with E-state index in [1.807, 2.05) is 20.8 Å². The minimum atomic E-state index is -2.97. The van der Waals surface area contributed by atoms with E-state index < -0.39 is 9.05 Å². The van der Waals surface area contributed by atoms with Crippen LogP contribution in [-0.4, -0.2) is 45.4 Å². The summed E-state index contributed by atoms with van der Waals surface area (Å²) in [6, 6.07) is 0. The third-order valence-electron chi connectivity index (χ3n) is 2.14. The van der Waals surface area contributed by atoms with Crippen LogP contribution in [0, 0.1) is 0 Å². The highest BCUT2D eigenvalue weighted by atomic mass is 28.4. The normalized spacial score (nSPS) is 11.9. The van der Waals surface area contributed by atoms with Gasteiger partial charge in [0.1, 0.15) is 5.82 Å². The van der Waals surface area contributed by atoms with Gasteiger partial charge in [0.2, 0.25) is 0 Å². The van der Waals surface area contributed by atoms with Gasteiger partial charge >= 0.3 is 9.05 Å². The first-order chi connectivity index (χ1) is 8.76. The Bertz CT molecular complexity index is 291. The minimum absolute atomic E-state index is 0.458. The van der Waals surface area contributed by atoms with Crippen LogP contribution in [0.1, 0.15) is 26.6 Å². The SMILES string of the molecule is CCO[Si](OCC)(OCC)OCCc1ncc[nH]1. The van der Waals surface area contributed by atoms with Gasteiger partial charge in [0.05, 0.1) is 0 Å². The maximum Gasteiger partial charge on any atom is 0.679 e. The third-order valence-corrected chi connectivity index (χ3v) is 4.62. The van der Waals surface area contributed by atoms with E-state index in [0.717, 1.165) is 5.82 Å². The van der Waals surface area contributed by atoms with Gasteiger partial charge in [-0.25, -0.2) is 4.98 Å². The molecule has 0 aliphatic carbocycles. The molecule has 0 fully saturated rings. The van der Waals surface area contributed by atoms with Crippen LogP contribution in [-0.2, 0) is 24.1 Å². The summed E-state index contributed by atoms with van der Waals surface area (Å²) in [5, 5.41) is 0. The molecule has 6 nitrogen and oxygen atoms in total. The molecule has 0 radical (unpaired) electrons. The molecule has 0 aliphatic rings. The monoisotopic (exact) mass is 274 g/mol. The van der Waals surface area contributed by atoms with Gasteiger partial charge in [-0.3, -0.25) is 0 Å². The van der Waals surface area contributed by atoms with Gasteiger partial charge in [0, 0.05) is 45.2 Å². The lowest BCUT2D eigenvalue weighted by molar-refractivity contribution is -0.0269. The molecule has 0 amide bonds. The molecule has 0 aromatic carbocycles. The Morgan fingerprint density at radius 3 is 2.11 bits per heavy atom. The molecule has 104 valence electrons. The van der Waals surface area contributed by atoms with Crippen LogP contribution in [0.4, 0.5) is 0 Å². The second-order valence-electron chi connectivity index (χ2n) is 3.43. The highest BCUT2D eigenvalue weighted by molar-refractivity contribution is 6.53. The van der Waals surface area contributed by atoms with Crippen molar-refractivity contribution in [2.75, 3.05) is 26.4 Å². The largest absolute Gasteiger partial charge is 0.679 e. The number of imidazole rings is 1. The fourth-order valence-corrected chi connectivity index (χ4v) is 3.40. The van der Waals surface area contributed by atoms with Crippen LogP contribution in [0.3, 0.4) is 0 Å². The number of hydrogen-bond acceptors (Lipinski definition) is 5. The Labute approximate surface area is 109 Å². The van der Waals surface area contributed by atoms with E-state index >= 15 is 0 Å². The zero-order chi connectivity index (χ0) is 13.3. The Kier molecular flexibility index (Phi) is 7.14. The van der Waals surface area contributed by atoms with Crippen molar-refractivity contribution >= 4 is 9.05 Å². The van der Waals surface area contributed by atoms with Gasteiger partial charge in [0.25, 0.3) is 0 Å². The Morgan fingerprint density at radius 1 is 1.06 bits per heavy atom. The van der Waals surface area contributed by atoms with E-state index in [9.17, 15) is 0 Å². The fraction of sp³-hybridized carbons (Fsp3) is 0.727. The summed E-state index contributed by atoms with van der Waals surface area (Å²) >= 11 is 0. The third kappa shape index (κ3) is 4.87. The maximum absolute atomic E-state index is 5.74. The van der Waals surface area contributed by atoms with E-state index in [4.69, 9.17) is 17.7 Å². The standard InChI is InChI=1S/C11H22N2O4Si/c1-4-14-18(15-5-2,16-6-3)17-10-7-11-12-8-9-13-11/h8-9H,4-7,10H2,1-3H3,(H,12,13). The van der Waals surface area contributed by atoms with Crippen LogP contribution < -0.4 is 0 Å². The summed E-state index contributed by atoms with van der Waals surface area (Å²) in [6.07, 6.45) is 4.18. The maximum atomic E-state index is 5.74. The number of nitrogens with zero attached hydrogens (tertiary/aromatic N) is 1. The van der Waals surface area contributed by atoms with E-state index in [0.29, 0.717) is 32.8 Å². The average Bonchev–Trinajstić information content (AvgIpc) is 2.83. The molecule has 18 heavy (non-hydrogen) atoms. The lowest BCUT2D eigenvalue weighted by Crippen LogP contribution is -2.49. The molecule has 0 saturated carbocycles. The van der Waals surface area contributed by atoms with Gasteiger partial charge in [-0.1, -0.05) is 0 Å². The van der Waals surface area contributed by atoms with Gasteiger partial charge in [0.15, 0.2) is 0 Å². The number of nitrogens with one attached hydrogen (secondary N) is 1. The first-order valence-corrected chi connectivity index (χ1v) is 7.93. The molecule has 0 saturated heterocycles. The molecule has 0 aliphatic heterocycles. The predicted molar refractivity (Wildman–Crippen MR) is 68.9 cm³/mol. The van der Waals surface area contributed by atoms with E-state index in [1.54, 1.807) is 12.4 Å². The van der Waals surface area contributed by atoms with Crippen LogP contribution in [0.25, 0.3) is 0 Å². The van der Waals surface area contributed by atoms with Crippen molar-refractivity contribution in [3.63, 3.8) is 0 Å². The summed E-state index contributed by atoms with van der Waals surface area (Å²) < 4.78 is 22.5. The zero-order valence-corrected chi connectivity index (χ0v) is 12.3. The summed E-state index contributed by atoms with van der Waals surface area (Å²) in [5.74, 6) is 0.877. The van der Waals surface area contributed by atoms with Gasteiger partial charge in [-0.05, 0) is 20.8 Å². The lowest BCUT2D eigenvalue weighted by Gasteiger charge is -2.26. The molecule has 0 atom stereocenters. The van der Waals surface area contributed by atoms with Crippen molar-refractivity contribution in [1.82, 2.24) is 9.97 Å². The van der Waals surface area contributed by atoms with E-state index in [2.05, 4.69) is 9.97 Å². The van der Waals surface area contributed by atoms with Crippen LogP contribution in [0.5, 0.6) is 0 Å². The molecule has 1 aromatic rings. The zero-order valence-electron chi connectivity index (χ0n) is 11.3. The van der Waals surface area contributed by atoms with Gasteiger partial charge < -0.3 is 22.7 Å². The summed E-state index contributed by atoms with van der Waals surface area (Å²) in [5.41, 5.74) is 0. The summed E-state index contributed by atoms with van der Waals surface area (Å²) in [4.78, 5) is 7.15. The molecule has 1 heterocycles. The predicted octanol–water partition coefficient (Wildman–Crippen LogP) is 1.51. The smallest absolute Gasteiger partial charge is 0.351 e. The fourth-order valence-electron chi connectivity index (χ4n) is 1.49. The average molecular weight is 274 g/mol. The number of aromatic nitrogens is 2. The van der Waals surface area contributed by atoms with Crippen molar-refractivity contribution < 1.29 is 17.7 Å². The number of rotatable bonds is 10. The first-order valence-electron chi connectivity index (χ1n) is 6.30. The van der Waals surface area contributed by atoms with E-state index in [1.165, 1.54) is 0 Å². The highest BCUT2D eigenvalue weighted by Gasteiger charge is 2.44. The van der Waals surface area contributed by atoms with Crippen LogP contribution in [0.15, 0.2) is 12.4 Å². The van der Waals surface area contributed by atoms with Gasteiger partial charge in [-0.2, -0.15) is 0 Å². The number of H-pyrrole nitrogens is 1. The van der Waals surface area contributed by atoms with Gasteiger partial charge in [-0.15, -0.1) is 0 Å². The van der Waals surface area contributed by atoms with Crippen molar-refractivity contribution in [2.45, 2.75) is 27.2 Å². The molecular formula is C11H22N2O4Si. The summed E-state index contributed by atoms with van der Waals surface area (Å²) in [7, 11) is -2.97. The summed E-state index contributed by atoms with van der Waals surface area (Å²) in [6.45, 7) is 7.67. The molecule has 7 heteroatoms. The Morgan fingerprint density at radius 2 is 1.67 bits per heavy atom. The second-order valence-corrected chi connectivity index (χ2v) is 5.59. The van der Waals surface area contributed by atoms with Crippen molar-refractivity contribution in [3.05, 3.63) is 18.2 Å². The Balaban J connectivity index is 2.47. The minimum Gasteiger partial charge on any atom is -0.351 e. The molecule has 0 bridgehead atoms. The first kappa shape index (κ1) is 15.3. The molecule has 0 spiro atoms. The molecule has 1 aromatic heterocycles. The molecule has 0 unspecified atom stereocenters. The van der Waals surface area contributed by atoms with Crippen molar-refractivity contribution in [3.8, 4) is 0 Å². The Hall–Kier alpha value is -0.733. The number of hydrogen-bond donors (Lipinski definition) is 1. The number of aromatic amines is 1.